The fourth-order valence-electron chi connectivity index (χ4n) is 8.49. The third-order valence-electron chi connectivity index (χ3n) is 12.0. The summed E-state index contributed by atoms with van der Waals surface area (Å²) < 4.78 is 0. The SMILES string of the molecule is NCCCC[C@H](NC(=O)[C@H](Cc1cccc2ccccc12)NC(=O)[C@@H](Cc1ccc2ccccc2c1)NC(=O)C(Cc1ccc2ccccc2c1)NC(=O)C1CCNCC1)C(N)=O. The highest BCUT2D eigenvalue weighted by Crippen LogP contribution is 2.22. The molecule has 0 bridgehead atoms. The van der Waals surface area contributed by atoms with E-state index in [9.17, 15) is 24.0 Å². The van der Waals surface area contributed by atoms with Crippen molar-refractivity contribution in [1.82, 2.24) is 26.6 Å². The highest BCUT2D eigenvalue weighted by molar-refractivity contribution is 5.97. The maximum Gasteiger partial charge on any atom is 0.243 e. The molecule has 12 heteroatoms. The molecule has 0 saturated carbocycles. The number of rotatable bonds is 19. The molecule has 1 saturated heterocycles. The quantitative estimate of drug-likeness (QED) is 0.0573. The molecule has 12 nitrogen and oxygen atoms in total. The average molecular weight is 848 g/mol. The van der Waals surface area contributed by atoms with Gasteiger partial charge in [0, 0.05) is 25.2 Å². The van der Waals surface area contributed by atoms with Crippen LogP contribution in [0.5, 0.6) is 0 Å². The third kappa shape index (κ3) is 11.8. The number of fused-ring (bicyclic) bond motifs is 3. The predicted molar refractivity (Wildman–Crippen MR) is 248 cm³/mol. The van der Waals surface area contributed by atoms with Crippen molar-refractivity contribution in [2.75, 3.05) is 19.6 Å². The number of amides is 5. The van der Waals surface area contributed by atoms with Gasteiger partial charge in [-0.3, -0.25) is 24.0 Å². The second-order valence-electron chi connectivity index (χ2n) is 16.6. The van der Waals surface area contributed by atoms with Crippen LogP contribution in [0.4, 0.5) is 0 Å². The van der Waals surface area contributed by atoms with Crippen LogP contribution in [0.1, 0.15) is 48.8 Å². The molecule has 63 heavy (non-hydrogen) atoms. The molecular weight excluding hydrogens is 791 g/mol. The van der Waals surface area contributed by atoms with Crippen molar-refractivity contribution in [1.29, 1.82) is 0 Å². The van der Waals surface area contributed by atoms with E-state index >= 15 is 0 Å². The molecule has 6 aromatic carbocycles. The van der Waals surface area contributed by atoms with Gasteiger partial charge in [-0.25, -0.2) is 0 Å². The van der Waals surface area contributed by atoms with Crippen molar-refractivity contribution in [3.05, 3.63) is 144 Å². The van der Waals surface area contributed by atoms with Gasteiger partial charge in [-0.1, -0.05) is 127 Å². The molecule has 0 radical (unpaired) electrons. The number of primary amides is 1. The van der Waals surface area contributed by atoms with Crippen molar-refractivity contribution < 1.29 is 24.0 Å². The summed E-state index contributed by atoms with van der Waals surface area (Å²) in [5, 5.41) is 21.0. The molecule has 0 spiro atoms. The van der Waals surface area contributed by atoms with E-state index in [-0.39, 0.29) is 37.5 Å². The number of benzene rings is 6. The molecule has 7 rings (SSSR count). The Morgan fingerprint density at radius 3 is 1.60 bits per heavy atom. The number of nitrogens with one attached hydrogen (secondary N) is 5. The molecule has 1 unspecified atom stereocenters. The number of piperidine rings is 1. The topological polar surface area (TPSA) is 198 Å². The van der Waals surface area contributed by atoms with Gasteiger partial charge < -0.3 is 38.1 Å². The minimum atomic E-state index is -1.17. The van der Waals surface area contributed by atoms with Crippen molar-refractivity contribution >= 4 is 61.9 Å². The first-order valence-corrected chi connectivity index (χ1v) is 22.0. The number of nitrogens with two attached hydrogens (primary N) is 2. The van der Waals surface area contributed by atoms with Crippen molar-refractivity contribution in [3.63, 3.8) is 0 Å². The van der Waals surface area contributed by atoms with E-state index in [2.05, 4.69) is 26.6 Å². The third-order valence-corrected chi connectivity index (χ3v) is 12.0. The molecule has 0 aromatic heterocycles. The molecule has 1 fully saturated rings. The highest BCUT2D eigenvalue weighted by Gasteiger charge is 2.33. The van der Waals surface area contributed by atoms with E-state index in [1.165, 1.54) is 0 Å². The summed E-state index contributed by atoms with van der Waals surface area (Å²) in [6.45, 7) is 1.83. The van der Waals surface area contributed by atoms with Crippen LogP contribution in [0.25, 0.3) is 32.3 Å². The predicted octanol–water partition coefficient (Wildman–Crippen LogP) is 4.73. The van der Waals surface area contributed by atoms with Crippen LogP contribution >= 0.6 is 0 Å². The maximum atomic E-state index is 14.8. The Morgan fingerprint density at radius 1 is 0.540 bits per heavy atom. The van der Waals surface area contributed by atoms with E-state index in [4.69, 9.17) is 11.5 Å². The summed E-state index contributed by atoms with van der Waals surface area (Å²) in [5.74, 6) is -2.90. The first kappa shape index (κ1) is 44.4. The molecule has 1 aliphatic rings. The van der Waals surface area contributed by atoms with Gasteiger partial charge in [-0.15, -0.1) is 0 Å². The van der Waals surface area contributed by atoms with Gasteiger partial charge in [0.25, 0.3) is 0 Å². The zero-order chi connectivity index (χ0) is 44.1. The maximum absolute atomic E-state index is 14.8. The fourth-order valence-corrected chi connectivity index (χ4v) is 8.49. The summed E-state index contributed by atoms with van der Waals surface area (Å²) in [4.78, 5) is 70.2. The first-order chi connectivity index (χ1) is 30.6. The number of carbonyl (C=O) groups is 5. The van der Waals surface area contributed by atoms with Gasteiger partial charge in [0.15, 0.2) is 0 Å². The van der Waals surface area contributed by atoms with E-state index in [1.54, 1.807) is 0 Å². The van der Waals surface area contributed by atoms with Crippen LogP contribution in [0.3, 0.4) is 0 Å². The summed E-state index contributed by atoms with van der Waals surface area (Å²) in [7, 11) is 0. The standard InChI is InChI=1S/C51H57N7O5/c52-25-8-7-18-43(47(53)59)55-51(63)46(32-41-16-9-15-37-12-5-6-17-42(37)41)58-50(62)45(31-34-20-22-36-11-2-4-14-40(36)29-34)57-49(61)44(56-48(60)38-23-26-54-27-24-38)30-33-19-21-35-10-1-3-13-39(35)28-33/h1-6,9-17,19-22,28-29,38,43-46,54H,7-8,18,23-27,30-32,52H2,(H2,53,59)(H,55,63)(H,56,60)(H,57,61)(H,58,62)/t43-,44?,45+,46-/m0/s1. The molecule has 1 heterocycles. The molecule has 0 aliphatic carbocycles. The normalized spacial score (nSPS) is 14.9. The molecule has 5 amide bonds. The minimum Gasteiger partial charge on any atom is -0.368 e. The smallest absolute Gasteiger partial charge is 0.243 e. The molecular formula is C51H57N7O5. The van der Waals surface area contributed by atoms with Crippen LogP contribution < -0.4 is 38.1 Å². The summed E-state index contributed by atoms with van der Waals surface area (Å²) in [5.41, 5.74) is 13.9. The lowest BCUT2D eigenvalue weighted by atomic mass is 9.95. The van der Waals surface area contributed by atoms with Crippen LogP contribution in [0.15, 0.2) is 127 Å². The average Bonchev–Trinajstić information content (AvgIpc) is 3.30. The van der Waals surface area contributed by atoms with E-state index in [0.29, 0.717) is 45.3 Å². The van der Waals surface area contributed by atoms with E-state index in [0.717, 1.165) is 49.0 Å². The zero-order valence-electron chi connectivity index (χ0n) is 35.5. The largest absolute Gasteiger partial charge is 0.368 e. The second kappa shape index (κ2) is 21.4. The lowest BCUT2D eigenvalue weighted by Crippen LogP contribution is -2.59. The molecule has 4 atom stereocenters. The summed E-state index contributed by atoms with van der Waals surface area (Å²) >= 11 is 0. The van der Waals surface area contributed by atoms with E-state index < -0.39 is 47.8 Å². The Kier molecular flexibility index (Phi) is 15.1. The number of unbranched alkanes of at least 4 members (excludes halogenated alkanes) is 1. The van der Waals surface area contributed by atoms with Crippen LogP contribution in [0, 0.1) is 5.92 Å². The molecule has 326 valence electrons. The van der Waals surface area contributed by atoms with Crippen molar-refractivity contribution in [3.8, 4) is 0 Å². The van der Waals surface area contributed by atoms with Gasteiger partial charge in [0.05, 0.1) is 0 Å². The van der Waals surface area contributed by atoms with Gasteiger partial charge in [0.2, 0.25) is 29.5 Å². The molecule has 6 aromatic rings. The first-order valence-electron chi connectivity index (χ1n) is 22.0. The van der Waals surface area contributed by atoms with Crippen LogP contribution in [-0.4, -0.2) is 73.3 Å². The van der Waals surface area contributed by atoms with Crippen molar-refractivity contribution in [2.24, 2.45) is 17.4 Å². The molecule has 1 aliphatic heterocycles. The minimum absolute atomic E-state index is 0.0823. The Morgan fingerprint density at radius 2 is 1.03 bits per heavy atom. The van der Waals surface area contributed by atoms with Gasteiger partial charge in [-0.05, 0) is 101 Å². The van der Waals surface area contributed by atoms with Crippen LogP contribution in [0.2, 0.25) is 0 Å². The Labute approximate surface area is 367 Å². The lowest BCUT2D eigenvalue weighted by Gasteiger charge is -2.28. The lowest BCUT2D eigenvalue weighted by molar-refractivity contribution is -0.135. The monoisotopic (exact) mass is 847 g/mol. The van der Waals surface area contributed by atoms with Gasteiger partial charge in [0.1, 0.15) is 24.2 Å². The Hall–Kier alpha value is -6.63. The van der Waals surface area contributed by atoms with Gasteiger partial charge in [-0.2, -0.15) is 0 Å². The number of hydrogen-bond donors (Lipinski definition) is 7. The summed E-state index contributed by atoms with van der Waals surface area (Å²) in [6, 6.07) is 36.8. The molecule has 9 N–H and O–H groups in total. The number of carbonyl (C=O) groups excluding carboxylic acids is 5. The van der Waals surface area contributed by atoms with Crippen LogP contribution in [-0.2, 0) is 43.2 Å². The van der Waals surface area contributed by atoms with E-state index in [1.807, 2.05) is 127 Å². The Bertz CT molecular complexity index is 2570. The van der Waals surface area contributed by atoms with Gasteiger partial charge >= 0.3 is 0 Å². The second-order valence-corrected chi connectivity index (χ2v) is 16.6. The van der Waals surface area contributed by atoms with Crippen molar-refractivity contribution in [2.45, 2.75) is 75.5 Å². The zero-order valence-corrected chi connectivity index (χ0v) is 35.5. The highest BCUT2D eigenvalue weighted by atomic mass is 16.2. The summed E-state index contributed by atoms with van der Waals surface area (Å²) in [6.07, 6.45) is 3.14. The Balaban J connectivity index is 1.21. The fraction of sp³-hybridized carbons (Fsp3) is 0.314. The number of hydrogen-bond acceptors (Lipinski definition) is 7.